The Kier molecular flexibility index (Phi) is 8.20. The molecule has 0 spiro atoms. The molecule has 0 unspecified atom stereocenters. The summed E-state index contributed by atoms with van der Waals surface area (Å²) in [5.74, 6) is 0.0241. The minimum Gasteiger partial charge on any atom is -0.354 e. The van der Waals surface area contributed by atoms with Crippen LogP contribution in [0, 0.1) is 0 Å². The Morgan fingerprint density at radius 2 is 1.64 bits per heavy atom. The average Bonchev–Trinajstić information content (AvgIpc) is 2.67. The first-order valence-corrected chi connectivity index (χ1v) is 11.3. The van der Waals surface area contributed by atoms with Gasteiger partial charge in [0.25, 0.3) is 0 Å². The summed E-state index contributed by atoms with van der Waals surface area (Å²) < 4.78 is 27.9. The van der Waals surface area contributed by atoms with E-state index in [1.54, 1.807) is 24.3 Å². The summed E-state index contributed by atoms with van der Waals surface area (Å²) in [6.45, 7) is 5.91. The first-order chi connectivity index (χ1) is 13.3. The van der Waals surface area contributed by atoms with Gasteiger partial charge >= 0.3 is 0 Å². The van der Waals surface area contributed by atoms with Crippen molar-refractivity contribution in [2.45, 2.75) is 63.4 Å². The third-order valence-electron chi connectivity index (χ3n) is 4.63. The van der Waals surface area contributed by atoms with Gasteiger partial charge in [-0.05, 0) is 49.9 Å². The van der Waals surface area contributed by atoms with E-state index in [1.807, 2.05) is 44.2 Å². The van der Waals surface area contributed by atoms with E-state index >= 15 is 0 Å². The minimum absolute atomic E-state index is 0.0241. The van der Waals surface area contributed by atoms with E-state index in [1.165, 1.54) is 0 Å². The number of nitrogens with one attached hydrogen (secondary N) is 2. The van der Waals surface area contributed by atoms with Crippen LogP contribution in [0.1, 0.15) is 57.2 Å². The van der Waals surface area contributed by atoms with Crippen molar-refractivity contribution in [3.05, 3.63) is 65.7 Å². The van der Waals surface area contributed by atoms with Gasteiger partial charge in [-0.1, -0.05) is 55.8 Å². The molecule has 2 atom stereocenters. The van der Waals surface area contributed by atoms with Crippen molar-refractivity contribution in [2.24, 2.45) is 0 Å². The molecule has 2 rings (SSSR count). The predicted molar refractivity (Wildman–Crippen MR) is 112 cm³/mol. The lowest BCUT2D eigenvalue weighted by atomic mass is 10.1. The van der Waals surface area contributed by atoms with Gasteiger partial charge in [0.2, 0.25) is 15.9 Å². The molecule has 6 heteroatoms. The highest BCUT2D eigenvalue weighted by Gasteiger charge is 2.18. The summed E-state index contributed by atoms with van der Waals surface area (Å²) in [7, 11) is -3.61. The van der Waals surface area contributed by atoms with Crippen LogP contribution in [-0.4, -0.2) is 20.4 Å². The third-order valence-corrected chi connectivity index (χ3v) is 6.19. The van der Waals surface area contributed by atoms with Crippen LogP contribution in [0.25, 0.3) is 0 Å². The zero-order chi connectivity index (χ0) is 20.6. The van der Waals surface area contributed by atoms with Gasteiger partial charge in [-0.2, -0.15) is 0 Å². The highest BCUT2D eigenvalue weighted by Crippen LogP contribution is 2.17. The van der Waals surface area contributed by atoms with Crippen LogP contribution in [0.2, 0.25) is 0 Å². The van der Waals surface area contributed by atoms with E-state index in [2.05, 4.69) is 17.0 Å². The largest absolute Gasteiger partial charge is 0.354 e. The van der Waals surface area contributed by atoms with Gasteiger partial charge in [0.15, 0.2) is 0 Å². The second-order valence-corrected chi connectivity index (χ2v) is 8.87. The van der Waals surface area contributed by atoms with Crippen LogP contribution in [0.5, 0.6) is 0 Å². The molecule has 0 aromatic heterocycles. The molecule has 2 N–H and O–H groups in total. The SMILES string of the molecule is CCC[C@@H](C)NC(=O)CCc1ccc(S(=O)(=O)N[C@@H](C)c2ccccc2)cc1. The van der Waals surface area contributed by atoms with Crippen LogP contribution < -0.4 is 10.0 Å². The van der Waals surface area contributed by atoms with Gasteiger partial charge in [-0.25, -0.2) is 13.1 Å². The molecule has 152 valence electrons. The third kappa shape index (κ3) is 6.77. The van der Waals surface area contributed by atoms with Crippen molar-refractivity contribution in [3.8, 4) is 0 Å². The average molecular weight is 403 g/mol. The Balaban J connectivity index is 1.93. The molecule has 0 saturated carbocycles. The van der Waals surface area contributed by atoms with Crippen molar-refractivity contribution in [3.63, 3.8) is 0 Å². The lowest BCUT2D eigenvalue weighted by Gasteiger charge is -2.15. The maximum absolute atomic E-state index is 12.6. The Hall–Kier alpha value is -2.18. The summed E-state index contributed by atoms with van der Waals surface area (Å²) in [6.07, 6.45) is 2.98. The second-order valence-electron chi connectivity index (χ2n) is 7.15. The van der Waals surface area contributed by atoms with Gasteiger partial charge in [-0.15, -0.1) is 0 Å². The van der Waals surface area contributed by atoms with Crippen LogP contribution in [0.3, 0.4) is 0 Å². The second kappa shape index (κ2) is 10.4. The summed E-state index contributed by atoms with van der Waals surface area (Å²) in [4.78, 5) is 12.2. The molecule has 0 fully saturated rings. The van der Waals surface area contributed by atoms with Crippen molar-refractivity contribution >= 4 is 15.9 Å². The van der Waals surface area contributed by atoms with Crippen LogP contribution in [0.15, 0.2) is 59.5 Å². The highest BCUT2D eigenvalue weighted by molar-refractivity contribution is 7.89. The molecule has 1 amide bonds. The topological polar surface area (TPSA) is 75.3 Å². The van der Waals surface area contributed by atoms with E-state index in [9.17, 15) is 13.2 Å². The van der Waals surface area contributed by atoms with Gasteiger partial charge in [0, 0.05) is 18.5 Å². The molecule has 28 heavy (non-hydrogen) atoms. The summed E-state index contributed by atoms with van der Waals surface area (Å²) in [5.41, 5.74) is 1.85. The number of benzene rings is 2. The molecular formula is C22H30N2O3S. The maximum atomic E-state index is 12.6. The van der Waals surface area contributed by atoms with E-state index < -0.39 is 10.0 Å². The molecule has 0 aliphatic rings. The van der Waals surface area contributed by atoms with Crippen LogP contribution in [-0.2, 0) is 21.2 Å². The van der Waals surface area contributed by atoms with Crippen molar-refractivity contribution in [1.82, 2.24) is 10.0 Å². The Labute approximate surface area is 168 Å². The monoisotopic (exact) mass is 402 g/mol. The van der Waals surface area contributed by atoms with E-state index in [0.717, 1.165) is 24.0 Å². The van der Waals surface area contributed by atoms with E-state index in [0.29, 0.717) is 12.8 Å². The quantitative estimate of drug-likeness (QED) is 0.631. The zero-order valence-corrected chi connectivity index (χ0v) is 17.6. The number of carbonyl (C=O) groups is 1. The molecule has 0 saturated heterocycles. The first-order valence-electron chi connectivity index (χ1n) is 9.77. The minimum atomic E-state index is -3.61. The molecular weight excluding hydrogens is 372 g/mol. The molecule has 0 aliphatic carbocycles. The number of carbonyl (C=O) groups excluding carboxylic acids is 1. The van der Waals surface area contributed by atoms with Gasteiger partial charge in [-0.3, -0.25) is 4.79 Å². The Morgan fingerprint density at radius 3 is 2.25 bits per heavy atom. The van der Waals surface area contributed by atoms with Crippen molar-refractivity contribution < 1.29 is 13.2 Å². The summed E-state index contributed by atoms with van der Waals surface area (Å²) in [5, 5.41) is 2.98. The number of sulfonamides is 1. The lowest BCUT2D eigenvalue weighted by molar-refractivity contribution is -0.121. The predicted octanol–water partition coefficient (Wildman–Crippen LogP) is 3.96. The van der Waals surface area contributed by atoms with Crippen LogP contribution >= 0.6 is 0 Å². The molecule has 0 heterocycles. The fourth-order valence-electron chi connectivity index (χ4n) is 3.06. The fraction of sp³-hybridized carbons (Fsp3) is 0.409. The highest BCUT2D eigenvalue weighted by atomic mass is 32.2. The summed E-state index contributed by atoms with van der Waals surface area (Å²) in [6, 6.07) is 16.0. The number of rotatable bonds is 10. The molecule has 2 aromatic carbocycles. The van der Waals surface area contributed by atoms with E-state index in [4.69, 9.17) is 0 Å². The Morgan fingerprint density at radius 1 is 1.00 bits per heavy atom. The number of hydrogen-bond acceptors (Lipinski definition) is 3. The van der Waals surface area contributed by atoms with E-state index in [-0.39, 0.29) is 22.9 Å². The lowest BCUT2D eigenvalue weighted by Crippen LogP contribution is -2.32. The molecule has 0 radical (unpaired) electrons. The zero-order valence-electron chi connectivity index (χ0n) is 16.8. The number of amides is 1. The molecule has 5 nitrogen and oxygen atoms in total. The van der Waals surface area contributed by atoms with Gasteiger partial charge in [0.1, 0.15) is 0 Å². The Bertz CT molecular complexity index is 849. The molecule has 0 aliphatic heterocycles. The normalized spacial score (nSPS) is 13.7. The van der Waals surface area contributed by atoms with Crippen LogP contribution in [0.4, 0.5) is 0 Å². The standard InChI is InChI=1S/C22H30N2O3S/c1-4-8-17(2)23-22(25)16-13-19-11-14-21(15-12-19)28(26,27)24-18(3)20-9-6-5-7-10-20/h5-7,9-12,14-15,17-18,24H,4,8,13,16H2,1-3H3,(H,23,25)/t17-,18+/m1/s1. The maximum Gasteiger partial charge on any atom is 0.241 e. The van der Waals surface area contributed by atoms with Crippen molar-refractivity contribution in [2.75, 3.05) is 0 Å². The number of aryl methyl sites for hydroxylation is 1. The smallest absolute Gasteiger partial charge is 0.241 e. The van der Waals surface area contributed by atoms with Gasteiger partial charge in [0.05, 0.1) is 4.90 Å². The fourth-order valence-corrected chi connectivity index (χ4v) is 4.29. The summed E-state index contributed by atoms with van der Waals surface area (Å²) >= 11 is 0. The van der Waals surface area contributed by atoms with Crippen molar-refractivity contribution in [1.29, 1.82) is 0 Å². The number of hydrogen-bond donors (Lipinski definition) is 2. The van der Waals surface area contributed by atoms with Gasteiger partial charge < -0.3 is 5.32 Å². The first kappa shape index (κ1) is 22.1. The molecule has 2 aromatic rings. The molecule has 0 bridgehead atoms.